The summed E-state index contributed by atoms with van der Waals surface area (Å²) in [6.07, 6.45) is 0. The zero-order valence-corrected chi connectivity index (χ0v) is 19.4. The van der Waals surface area contributed by atoms with E-state index >= 15 is 0 Å². The van der Waals surface area contributed by atoms with Crippen molar-refractivity contribution in [2.75, 3.05) is 37.2 Å². The van der Waals surface area contributed by atoms with Crippen LogP contribution in [0.2, 0.25) is 5.02 Å². The average molecular weight is 459 g/mol. The number of aryl methyl sites for hydroxylation is 1. The number of carbonyl (C=O) groups excluding carboxylic acids is 2. The van der Waals surface area contributed by atoms with Gasteiger partial charge in [-0.05, 0) is 42.8 Å². The molecule has 0 heterocycles. The van der Waals surface area contributed by atoms with Gasteiger partial charge in [0.15, 0.2) is 0 Å². The Bertz CT molecular complexity index is 945. The van der Waals surface area contributed by atoms with E-state index in [9.17, 15) is 9.59 Å². The number of nitrogens with zero attached hydrogens (tertiary/aromatic N) is 2. The van der Waals surface area contributed by atoms with Gasteiger partial charge in [0.05, 0.1) is 24.7 Å². The van der Waals surface area contributed by atoms with Gasteiger partial charge in [0.25, 0.3) is 0 Å². The Morgan fingerprint density at radius 1 is 1.16 bits per heavy atom. The number of benzene rings is 2. The summed E-state index contributed by atoms with van der Waals surface area (Å²) in [7, 11) is 0. The molecule has 0 aliphatic carbocycles. The Kier molecular flexibility index (Phi) is 10.4. The largest absolute Gasteiger partial charge is 0.354 e. The lowest BCUT2D eigenvalue weighted by Crippen LogP contribution is -2.41. The van der Waals surface area contributed by atoms with Gasteiger partial charge in [-0.25, -0.2) is 0 Å². The van der Waals surface area contributed by atoms with Crippen molar-refractivity contribution >= 4 is 40.9 Å². The molecule has 0 aliphatic heterocycles. The highest BCUT2D eigenvalue weighted by Gasteiger charge is 2.14. The SMILES string of the molecule is CCN(CC(=O)NCCSCc1ccccc1C#N)CC(=O)Nc1cc(Cl)ccc1C. The Balaban J connectivity index is 1.70. The summed E-state index contributed by atoms with van der Waals surface area (Å²) < 4.78 is 0. The van der Waals surface area contributed by atoms with Crippen LogP contribution in [0.4, 0.5) is 5.69 Å². The van der Waals surface area contributed by atoms with E-state index in [-0.39, 0.29) is 24.9 Å². The van der Waals surface area contributed by atoms with E-state index in [1.165, 1.54) is 0 Å². The molecular weight excluding hydrogens is 432 g/mol. The summed E-state index contributed by atoms with van der Waals surface area (Å²) in [4.78, 5) is 26.4. The fourth-order valence-electron chi connectivity index (χ4n) is 2.86. The molecule has 0 unspecified atom stereocenters. The summed E-state index contributed by atoms with van der Waals surface area (Å²) in [6, 6.07) is 15.0. The van der Waals surface area contributed by atoms with Gasteiger partial charge in [0.2, 0.25) is 11.8 Å². The molecule has 164 valence electrons. The molecule has 0 bridgehead atoms. The number of carbonyl (C=O) groups is 2. The first-order valence-corrected chi connectivity index (χ1v) is 11.6. The number of hydrogen-bond donors (Lipinski definition) is 2. The normalized spacial score (nSPS) is 10.5. The summed E-state index contributed by atoms with van der Waals surface area (Å²) in [5.41, 5.74) is 3.28. The molecule has 0 saturated heterocycles. The van der Waals surface area contributed by atoms with Gasteiger partial charge in [0, 0.05) is 28.8 Å². The average Bonchev–Trinajstić information content (AvgIpc) is 2.75. The van der Waals surface area contributed by atoms with Gasteiger partial charge in [0.1, 0.15) is 0 Å². The van der Waals surface area contributed by atoms with Crippen LogP contribution in [0.1, 0.15) is 23.6 Å². The third-order valence-corrected chi connectivity index (χ3v) is 5.86. The number of halogens is 1. The van der Waals surface area contributed by atoms with Crippen molar-refractivity contribution in [2.24, 2.45) is 0 Å². The van der Waals surface area contributed by atoms with Crippen LogP contribution >= 0.6 is 23.4 Å². The minimum absolute atomic E-state index is 0.119. The minimum Gasteiger partial charge on any atom is -0.354 e. The van der Waals surface area contributed by atoms with Gasteiger partial charge in [-0.2, -0.15) is 17.0 Å². The number of anilines is 1. The quantitative estimate of drug-likeness (QED) is 0.500. The number of nitrogens with one attached hydrogen (secondary N) is 2. The first kappa shape index (κ1) is 24.7. The summed E-state index contributed by atoms with van der Waals surface area (Å²) in [5.74, 6) is 1.16. The highest BCUT2D eigenvalue weighted by Crippen LogP contribution is 2.20. The predicted octanol–water partition coefficient (Wildman–Crippen LogP) is 3.83. The van der Waals surface area contributed by atoms with E-state index in [4.69, 9.17) is 16.9 Å². The Morgan fingerprint density at radius 2 is 1.90 bits per heavy atom. The minimum atomic E-state index is -0.188. The second kappa shape index (κ2) is 13.0. The third kappa shape index (κ3) is 8.62. The van der Waals surface area contributed by atoms with E-state index in [1.54, 1.807) is 34.9 Å². The highest BCUT2D eigenvalue weighted by molar-refractivity contribution is 7.98. The first-order valence-electron chi connectivity index (χ1n) is 10.0. The van der Waals surface area contributed by atoms with E-state index in [0.717, 1.165) is 22.6 Å². The molecule has 0 atom stereocenters. The molecule has 0 saturated carbocycles. The molecule has 2 aromatic rings. The number of thioether (sulfide) groups is 1. The zero-order chi connectivity index (χ0) is 22.6. The highest BCUT2D eigenvalue weighted by atomic mass is 35.5. The monoisotopic (exact) mass is 458 g/mol. The fourth-order valence-corrected chi connectivity index (χ4v) is 3.89. The van der Waals surface area contributed by atoms with Crippen LogP contribution in [0.3, 0.4) is 0 Å². The van der Waals surface area contributed by atoms with Crippen molar-refractivity contribution in [3.05, 3.63) is 64.2 Å². The molecule has 8 heteroatoms. The van der Waals surface area contributed by atoms with Crippen molar-refractivity contribution in [2.45, 2.75) is 19.6 Å². The lowest BCUT2D eigenvalue weighted by Gasteiger charge is -2.19. The number of nitriles is 1. The molecule has 2 rings (SSSR count). The van der Waals surface area contributed by atoms with Gasteiger partial charge in [-0.3, -0.25) is 14.5 Å². The lowest BCUT2D eigenvalue weighted by molar-refractivity contribution is -0.123. The van der Waals surface area contributed by atoms with Gasteiger partial charge < -0.3 is 10.6 Å². The number of amides is 2. The van der Waals surface area contributed by atoms with Crippen LogP contribution in [0.5, 0.6) is 0 Å². The van der Waals surface area contributed by atoms with Crippen LogP contribution < -0.4 is 10.6 Å². The molecular formula is C23H27ClN4O2S. The summed E-state index contributed by atoms with van der Waals surface area (Å²) in [5, 5.41) is 15.4. The topological polar surface area (TPSA) is 85.2 Å². The van der Waals surface area contributed by atoms with Gasteiger partial charge >= 0.3 is 0 Å². The van der Waals surface area contributed by atoms with E-state index in [0.29, 0.717) is 29.4 Å². The first-order chi connectivity index (χ1) is 14.9. The maximum atomic E-state index is 12.4. The standard InChI is InChI=1S/C23H27ClN4O2S/c1-3-28(15-23(30)27-21-12-20(24)9-8-17(21)2)14-22(29)26-10-11-31-16-19-7-5-4-6-18(19)13-25/h4-9,12H,3,10-11,14-16H2,1-2H3,(H,26,29)(H,27,30). The second-order valence-electron chi connectivity index (χ2n) is 6.98. The predicted molar refractivity (Wildman–Crippen MR) is 127 cm³/mol. The lowest BCUT2D eigenvalue weighted by atomic mass is 10.1. The van der Waals surface area contributed by atoms with Gasteiger partial charge in [-0.15, -0.1) is 0 Å². The van der Waals surface area contributed by atoms with E-state index < -0.39 is 0 Å². The summed E-state index contributed by atoms with van der Waals surface area (Å²) >= 11 is 7.65. The van der Waals surface area contributed by atoms with E-state index in [1.807, 2.05) is 38.1 Å². The number of likely N-dealkylation sites (N-methyl/N-ethyl adjacent to an activating group) is 1. The van der Waals surface area contributed by atoms with Crippen LogP contribution in [0.25, 0.3) is 0 Å². The smallest absolute Gasteiger partial charge is 0.238 e. The Morgan fingerprint density at radius 3 is 2.65 bits per heavy atom. The second-order valence-corrected chi connectivity index (χ2v) is 8.52. The molecule has 0 fully saturated rings. The van der Waals surface area contributed by atoms with Crippen molar-refractivity contribution < 1.29 is 9.59 Å². The van der Waals surface area contributed by atoms with Crippen LogP contribution in [0.15, 0.2) is 42.5 Å². The van der Waals surface area contributed by atoms with Crippen LogP contribution in [-0.4, -0.2) is 48.6 Å². The van der Waals surface area contributed by atoms with Crippen LogP contribution in [-0.2, 0) is 15.3 Å². The van der Waals surface area contributed by atoms with Crippen molar-refractivity contribution in [1.82, 2.24) is 10.2 Å². The third-order valence-electron chi connectivity index (χ3n) is 4.62. The molecule has 31 heavy (non-hydrogen) atoms. The number of hydrogen-bond acceptors (Lipinski definition) is 5. The molecule has 2 amide bonds. The van der Waals surface area contributed by atoms with Gasteiger partial charge in [-0.1, -0.05) is 42.8 Å². The molecule has 0 radical (unpaired) electrons. The van der Waals surface area contributed by atoms with Crippen molar-refractivity contribution in [3.63, 3.8) is 0 Å². The molecule has 2 N–H and O–H groups in total. The van der Waals surface area contributed by atoms with Crippen LogP contribution in [0, 0.1) is 18.3 Å². The Labute approximate surface area is 193 Å². The zero-order valence-electron chi connectivity index (χ0n) is 17.8. The molecule has 0 spiro atoms. The van der Waals surface area contributed by atoms with E-state index in [2.05, 4.69) is 16.7 Å². The molecule has 6 nitrogen and oxygen atoms in total. The maximum absolute atomic E-state index is 12.4. The van der Waals surface area contributed by atoms with Crippen molar-refractivity contribution in [1.29, 1.82) is 5.26 Å². The molecule has 2 aromatic carbocycles. The summed E-state index contributed by atoms with van der Waals surface area (Å²) in [6.45, 7) is 5.19. The molecule has 0 aromatic heterocycles. The fraction of sp³-hybridized carbons (Fsp3) is 0.348. The molecule has 0 aliphatic rings. The Hall–Kier alpha value is -2.53. The number of rotatable bonds is 11. The maximum Gasteiger partial charge on any atom is 0.238 e. The van der Waals surface area contributed by atoms with Crippen molar-refractivity contribution in [3.8, 4) is 6.07 Å².